The number of hydrogen-bond acceptors (Lipinski definition) is 5. The first-order valence-corrected chi connectivity index (χ1v) is 7.79. The number of β-amino-alcohol motifs (C(OH)–C–C–N with tert-alkyl or cyclic N) is 1. The van der Waals surface area contributed by atoms with Crippen LogP contribution in [0.5, 0.6) is 0 Å². The molecular weight excluding hydrogens is 298 g/mol. The van der Waals surface area contributed by atoms with Crippen molar-refractivity contribution in [2.24, 2.45) is 0 Å². The van der Waals surface area contributed by atoms with Gasteiger partial charge in [-0.2, -0.15) is 4.31 Å². The second-order valence-corrected chi connectivity index (χ2v) is 6.89. The third-order valence-electron chi connectivity index (χ3n) is 3.63. The summed E-state index contributed by atoms with van der Waals surface area (Å²) < 4.78 is 31.3. The van der Waals surface area contributed by atoms with E-state index in [9.17, 15) is 18.3 Å². The van der Waals surface area contributed by atoms with Crippen molar-refractivity contribution in [3.05, 3.63) is 28.7 Å². The lowest BCUT2D eigenvalue weighted by atomic mass is 10.3. The summed E-state index contributed by atoms with van der Waals surface area (Å²) in [6.07, 6.45) is -1.38. The summed E-state index contributed by atoms with van der Waals surface area (Å²) in [5, 5.41) is 9.76. The highest BCUT2D eigenvalue weighted by molar-refractivity contribution is 7.89. The Balaban J connectivity index is 1.98. The van der Waals surface area contributed by atoms with E-state index in [0.29, 0.717) is 11.0 Å². The Morgan fingerprint density at radius 1 is 1.29 bits per heavy atom. The van der Waals surface area contributed by atoms with Crippen LogP contribution < -0.4 is 5.69 Å². The minimum atomic E-state index is -3.74. The molecule has 0 aliphatic carbocycles. The Labute approximate surface area is 120 Å². The average Bonchev–Trinajstić information content (AvgIpc) is 2.99. The number of aromatic nitrogens is 2. The minimum absolute atomic E-state index is 0.0114. The molecule has 114 valence electrons. The molecule has 1 saturated heterocycles. The van der Waals surface area contributed by atoms with Gasteiger partial charge in [-0.1, -0.05) is 0 Å². The van der Waals surface area contributed by atoms with E-state index in [4.69, 9.17) is 4.74 Å². The van der Waals surface area contributed by atoms with Crippen LogP contribution in [0.3, 0.4) is 0 Å². The lowest BCUT2D eigenvalue weighted by molar-refractivity contribution is 0.0216. The van der Waals surface area contributed by atoms with Gasteiger partial charge in [-0.15, -0.1) is 0 Å². The number of nitrogens with zero attached hydrogens (tertiary/aromatic N) is 1. The van der Waals surface area contributed by atoms with Crippen molar-refractivity contribution in [1.82, 2.24) is 14.3 Å². The Morgan fingerprint density at radius 2 is 2.00 bits per heavy atom. The first kappa shape index (κ1) is 14.3. The molecule has 0 saturated carbocycles. The number of fused-ring (bicyclic) bond motifs is 1. The van der Waals surface area contributed by atoms with Gasteiger partial charge in [-0.3, -0.25) is 0 Å². The van der Waals surface area contributed by atoms with Gasteiger partial charge >= 0.3 is 5.69 Å². The number of aromatic amines is 2. The molecule has 9 heteroatoms. The Morgan fingerprint density at radius 3 is 2.67 bits per heavy atom. The van der Waals surface area contributed by atoms with E-state index < -0.39 is 27.9 Å². The molecule has 3 rings (SSSR count). The number of H-pyrrole nitrogens is 2. The molecule has 1 fully saturated rings. The number of rotatable bonds is 3. The summed E-state index contributed by atoms with van der Waals surface area (Å²) in [5.74, 6) is 0. The van der Waals surface area contributed by atoms with Crippen LogP contribution in [0.4, 0.5) is 0 Å². The van der Waals surface area contributed by atoms with E-state index in [1.807, 2.05) is 0 Å². The Hall–Kier alpha value is -1.68. The van der Waals surface area contributed by atoms with E-state index in [0.717, 1.165) is 0 Å². The molecule has 3 N–H and O–H groups in total. The summed E-state index contributed by atoms with van der Waals surface area (Å²) in [6.45, 7) is 0.0875. The zero-order valence-electron chi connectivity index (χ0n) is 11.2. The third kappa shape index (κ3) is 2.38. The van der Waals surface area contributed by atoms with Gasteiger partial charge < -0.3 is 19.8 Å². The van der Waals surface area contributed by atoms with E-state index >= 15 is 0 Å². The monoisotopic (exact) mass is 313 g/mol. The maximum absolute atomic E-state index is 12.5. The first-order valence-electron chi connectivity index (χ1n) is 6.35. The van der Waals surface area contributed by atoms with E-state index in [-0.39, 0.29) is 18.0 Å². The predicted octanol–water partition coefficient (Wildman–Crippen LogP) is -0.764. The van der Waals surface area contributed by atoms with Gasteiger partial charge in [0.2, 0.25) is 10.0 Å². The van der Waals surface area contributed by atoms with Gasteiger partial charge in [0.25, 0.3) is 0 Å². The van der Waals surface area contributed by atoms with E-state index in [1.54, 1.807) is 0 Å². The van der Waals surface area contributed by atoms with Gasteiger partial charge in [-0.05, 0) is 18.2 Å². The summed E-state index contributed by atoms with van der Waals surface area (Å²) in [5.41, 5.74) is 0.565. The maximum atomic E-state index is 12.5. The fraction of sp³-hybridized carbons (Fsp3) is 0.417. The zero-order valence-corrected chi connectivity index (χ0v) is 12.1. The van der Waals surface area contributed by atoms with Gasteiger partial charge in [0, 0.05) is 20.2 Å². The van der Waals surface area contributed by atoms with Crippen LogP contribution in [0.15, 0.2) is 27.9 Å². The van der Waals surface area contributed by atoms with Gasteiger partial charge in [0.05, 0.1) is 28.1 Å². The number of hydrogen-bond donors (Lipinski definition) is 3. The lowest BCUT2D eigenvalue weighted by Crippen LogP contribution is -2.30. The van der Waals surface area contributed by atoms with Crippen LogP contribution in [0.2, 0.25) is 0 Å². The maximum Gasteiger partial charge on any atom is 0.323 e. The fourth-order valence-electron chi connectivity index (χ4n) is 2.47. The molecule has 0 bridgehead atoms. The van der Waals surface area contributed by atoms with Crippen molar-refractivity contribution in [2.45, 2.75) is 17.1 Å². The number of aliphatic hydroxyl groups is 1. The number of benzene rings is 1. The molecule has 2 aromatic rings. The van der Waals surface area contributed by atoms with Crippen LogP contribution in [0.25, 0.3) is 11.0 Å². The van der Waals surface area contributed by atoms with E-state index in [2.05, 4.69) is 9.97 Å². The Bertz CT molecular complexity index is 825. The number of ether oxygens (including phenoxy) is 1. The van der Waals surface area contributed by atoms with Crippen molar-refractivity contribution in [1.29, 1.82) is 0 Å². The largest absolute Gasteiger partial charge is 0.389 e. The molecular formula is C12H15N3O5S. The van der Waals surface area contributed by atoms with Crippen molar-refractivity contribution in [3.8, 4) is 0 Å². The number of methoxy groups -OCH3 is 1. The molecule has 8 nitrogen and oxygen atoms in total. The molecule has 0 unspecified atom stereocenters. The van der Waals surface area contributed by atoms with Crippen LogP contribution in [-0.4, -0.2) is 60.2 Å². The SMILES string of the molecule is CO[C@@H]1CN(S(=O)(=O)c2ccc3[nH]c(=O)[nH]c3c2)C[C@H]1O. The lowest BCUT2D eigenvalue weighted by Gasteiger charge is -2.15. The standard InChI is InChI=1S/C12H15N3O5S/c1-20-11-6-15(5-10(11)16)21(18,19)7-2-3-8-9(4-7)14-12(17)13-8/h2-4,10-11,16H,5-6H2,1H3,(H2,13,14,17)/t10-,11-/m1/s1. The quantitative estimate of drug-likeness (QED) is 0.688. The van der Waals surface area contributed by atoms with Crippen molar-refractivity contribution < 1.29 is 18.3 Å². The number of imidazole rings is 1. The van der Waals surface area contributed by atoms with Gasteiger partial charge in [0.15, 0.2) is 0 Å². The van der Waals surface area contributed by atoms with Crippen LogP contribution >= 0.6 is 0 Å². The molecule has 2 atom stereocenters. The zero-order chi connectivity index (χ0) is 15.2. The molecule has 1 aliphatic rings. The average molecular weight is 313 g/mol. The second kappa shape index (κ2) is 4.95. The molecule has 0 spiro atoms. The first-order chi connectivity index (χ1) is 9.91. The molecule has 21 heavy (non-hydrogen) atoms. The van der Waals surface area contributed by atoms with Crippen molar-refractivity contribution >= 4 is 21.1 Å². The smallest absolute Gasteiger partial charge is 0.323 e. The topological polar surface area (TPSA) is 115 Å². The number of sulfonamides is 1. The summed E-state index contributed by atoms with van der Waals surface area (Å²) in [6, 6.07) is 4.35. The molecule has 0 amide bonds. The van der Waals surface area contributed by atoms with Crippen LogP contribution in [0.1, 0.15) is 0 Å². The molecule has 2 heterocycles. The third-order valence-corrected chi connectivity index (χ3v) is 5.46. The highest BCUT2D eigenvalue weighted by Crippen LogP contribution is 2.24. The molecule has 0 radical (unpaired) electrons. The van der Waals surface area contributed by atoms with Crippen molar-refractivity contribution in [2.75, 3.05) is 20.2 Å². The van der Waals surface area contributed by atoms with Crippen LogP contribution in [-0.2, 0) is 14.8 Å². The predicted molar refractivity (Wildman–Crippen MR) is 74.5 cm³/mol. The molecule has 1 aromatic heterocycles. The van der Waals surface area contributed by atoms with Crippen molar-refractivity contribution in [3.63, 3.8) is 0 Å². The van der Waals surface area contributed by atoms with Gasteiger partial charge in [0.1, 0.15) is 0 Å². The summed E-state index contributed by atoms with van der Waals surface area (Å²) in [7, 11) is -2.31. The summed E-state index contributed by atoms with van der Waals surface area (Å²) >= 11 is 0. The van der Waals surface area contributed by atoms with Crippen LogP contribution in [0, 0.1) is 0 Å². The second-order valence-electron chi connectivity index (χ2n) is 4.95. The molecule has 1 aromatic carbocycles. The van der Waals surface area contributed by atoms with E-state index in [1.165, 1.54) is 29.6 Å². The highest BCUT2D eigenvalue weighted by Gasteiger charge is 2.38. The highest BCUT2D eigenvalue weighted by atomic mass is 32.2. The Kier molecular flexibility index (Phi) is 3.36. The molecule has 1 aliphatic heterocycles. The van der Waals surface area contributed by atoms with Gasteiger partial charge in [-0.25, -0.2) is 13.2 Å². The fourth-order valence-corrected chi connectivity index (χ4v) is 3.97. The number of nitrogens with one attached hydrogen (secondary N) is 2. The minimum Gasteiger partial charge on any atom is -0.389 e. The summed E-state index contributed by atoms with van der Waals surface area (Å²) in [4.78, 5) is 16.3. The normalized spacial score (nSPS) is 23.9. The number of aliphatic hydroxyl groups excluding tert-OH is 1.